The zero-order valence-electron chi connectivity index (χ0n) is 10.5. The van der Waals surface area contributed by atoms with Gasteiger partial charge in [0.25, 0.3) is 0 Å². The average Bonchev–Trinajstić information content (AvgIpc) is 2.57. The molecule has 2 aliphatic rings. The van der Waals surface area contributed by atoms with Gasteiger partial charge in [-0.25, -0.2) is 4.79 Å². The van der Waals surface area contributed by atoms with Gasteiger partial charge in [0.1, 0.15) is 5.60 Å². The summed E-state index contributed by atoms with van der Waals surface area (Å²) in [6, 6.07) is 0. The van der Waals surface area contributed by atoms with Crippen LogP contribution in [0.2, 0.25) is 0 Å². The molecule has 0 fully saturated rings. The summed E-state index contributed by atoms with van der Waals surface area (Å²) in [6.45, 7) is 7.50. The minimum Gasteiger partial charge on any atom is -0.443 e. The van der Waals surface area contributed by atoms with Gasteiger partial charge < -0.3 is 10.2 Å². The number of rotatable bonds is 0. The molecule has 17 heavy (non-hydrogen) atoms. The molecule has 1 amide bonds. The predicted molar refractivity (Wildman–Crippen MR) is 64.3 cm³/mol. The number of hydrazine groups is 1. The van der Waals surface area contributed by atoms with Gasteiger partial charge in [-0.3, -0.25) is 10.3 Å². The second-order valence-electron chi connectivity index (χ2n) is 5.03. The Balaban J connectivity index is 2.12. The van der Waals surface area contributed by atoms with Gasteiger partial charge in [0.2, 0.25) is 0 Å². The van der Waals surface area contributed by atoms with Crippen LogP contribution in [-0.2, 0) is 4.74 Å². The van der Waals surface area contributed by atoms with Crippen molar-refractivity contribution >= 4 is 6.09 Å². The molecule has 2 N–H and O–H groups in total. The number of carbonyl (C=O) groups is 1. The van der Waals surface area contributed by atoms with Gasteiger partial charge in [-0.2, -0.15) is 0 Å². The maximum absolute atomic E-state index is 11.8. The SMILES string of the molecule is CC1=C2C=CN(C(=O)OC(C)(C)C)C=C2NN1. The molecule has 0 bridgehead atoms. The summed E-state index contributed by atoms with van der Waals surface area (Å²) in [5.74, 6) is 0. The van der Waals surface area contributed by atoms with Crippen LogP contribution in [0.15, 0.2) is 35.4 Å². The zero-order chi connectivity index (χ0) is 12.6. The first-order chi connectivity index (χ1) is 7.87. The largest absolute Gasteiger partial charge is 0.443 e. The van der Waals surface area contributed by atoms with Crippen LogP contribution in [0, 0.1) is 0 Å². The highest BCUT2D eigenvalue weighted by atomic mass is 16.6. The fourth-order valence-electron chi connectivity index (χ4n) is 1.58. The van der Waals surface area contributed by atoms with Gasteiger partial charge in [-0.05, 0) is 33.8 Å². The molecule has 0 unspecified atom stereocenters. The number of fused-ring (bicyclic) bond motifs is 1. The minimum absolute atomic E-state index is 0.383. The Morgan fingerprint density at radius 2 is 2.06 bits per heavy atom. The van der Waals surface area contributed by atoms with Crippen molar-refractivity contribution in [2.75, 3.05) is 0 Å². The molecule has 0 atom stereocenters. The van der Waals surface area contributed by atoms with E-state index >= 15 is 0 Å². The maximum Gasteiger partial charge on any atom is 0.418 e. The summed E-state index contributed by atoms with van der Waals surface area (Å²) in [4.78, 5) is 13.3. The number of allylic oxidation sites excluding steroid dienone is 2. The van der Waals surface area contributed by atoms with Gasteiger partial charge in [-0.15, -0.1) is 0 Å². The number of ether oxygens (including phenoxy) is 1. The molecule has 0 radical (unpaired) electrons. The van der Waals surface area contributed by atoms with Gasteiger partial charge in [-0.1, -0.05) is 0 Å². The standard InChI is InChI=1S/C12H17N3O2/c1-8-9-5-6-15(7-10(9)14-13-8)11(16)17-12(2,3)4/h5-7,13-14H,1-4H3. The molecule has 2 aliphatic heterocycles. The Labute approximate surface area is 101 Å². The lowest BCUT2D eigenvalue weighted by Crippen LogP contribution is -2.32. The van der Waals surface area contributed by atoms with Crippen molar-refractivity contribution in [3.05, 3.63) is 35.4 Å². The van der Waals surface area contributed by atoms with Crippen LogP contribution in [0.4, 0.5) is 4.79 Å². The normalized spacial score (nSPS) is 18.4. The lowest BCUT2D eigenvalue weighted by Gasteiger charge is -2.25. The zero-order valence-corrected chi connectivity index (χ0v) is 10.5. The number of hydrogen-bond acceptors (Lipinski definition) is 4. The molecular weight excluding hydrogens is 218 g/mol. The van der Waals surface area contributed by atoms with E-state index in [-0.39, 0.29) is 6.09 Å². The molecule has 2 heterocycles. The summed E-state index contributed by atoms with van der Waals surface area (Å²) < 4.78 is 5.28. The number of nitrogens with zero attached hydrogens (tertiary/aromatic N) is 1. The van der Waals surface area contributed by atoms with Crippen molar-refractivity contribution in [1.82, 2.24) is 15.8 Å². The van der Waals surface area contributed by atoms with E-state index in [0.717, 1.165) is 17.0 Å². The molecule has 5 nitrogen and oxygen atoms in total. The van der Waals surface area contributed by atoms with Gasteiger partial charge in [0.05, 0.1) is 5.70 Å². The lowest BCUT2D eigenvalue weighted by molar-refractivity contribution is 0.0397. The van der Waals surface area contributed by atoms with E-state index in [1.54, 1.807) is 12.4 Å². The molecule has 0 aliphatic carbocycles. The Bertz CT molecular complexity index is 441. The molecule has 92 valence electrons. The molecule has 0 aromatic rings. The Morgan fingerprint density at radius 3 is 2.71 bits per heavy atom. The summed E-state index contributed by atoms with van der Waals surface area (Å²) in [7, 11) is 0. The quantitative estimate of drug-likeness (QED) is 0.674. The monoisotopic (exact) mass is 235 g/mol. The maximum atomic E-state index is 11.8. The molecule has 0 aromatic heterocycles. The smallest absolute Gasteiger partial charge is 0.418 e. The summed E-state index contributed by atoms with van der Waals surface area (Å²) in [5.41, 5.74) is 8.47. The van der Waals surface area contributed by atoms with Crippen LogP contribution in [-0.4, -0.2) is 16.6 Å². The van der Waals surface area contributed by atoms with Gasteiger partial charge in [0.15, 0.2) is 0 Å². The van der Waals surface area contributed by atoms with Crippen molar-refractivity contribution in [2.45, 2.75) is 33.3 Å². The van der Waals surface area contributed by atoms with Crippen LogP contribution in [0.5, 0.6) is 0 Å². The molecule has 5 heteroatoms. The van der Waals surface area contributed by atoms with Crippen molar-refractivity contribution in [3.8, 4) is 0 Å². The third-order valence-corrected chi connectivity index (χ3v) is 2.35. The average molecular weight is 235 g/mol. The molecule has 0 spiro atoms. The van der Waals surface area contributed by atoms with E-state index in [1.165, 1.54) is 4.90 Å². The van der Waals surface area contributed by atoms with Crippen LogP contribution in [0.1, 0.15) is 27.7 Å². The number of hydrogen-bond donors (Lipinski definition) is 2. The summed E-state index contributed by atoms with van der Waals surface area (Å²) >= 11 is 0. The Kier molecular flexibility index (Phi) is 2.61. The van der Waals surface area contributed by atoms with Crippen LogP contribution in [0.25, 0.3) is 0 Å². The van der Waals surface area contributed by atoms with Crippen molar-refractivity contribution in [3.63, 3.8) is 0 Å². The lowest BCUT2D eigenvalue weighted by atomic mass is 10.1. The third-order valence-electron chi connectivity index (χ3n) is 2.35. The second-order valence-corrected chi connectivity index (χ2v) is 5.03. The molecule has 2 rings (SSSR count). The highest BCUT2D eigenvalue weighted by Crippen LogP contribution is 2.23. The molecule has 0 saturated heterocycles. The first-order valence-electron chi connectivity index (χ1n) is 5.51. The van der Waals surface area contributed by atoms with E-state index in [9.17, 15) is 4.79 Å². The first kappa shape index (κ1) is 11.6. The predicted octanol–water partition coefficient (Wildman–Crippen LogP) is 1.97. The van der Waals surface area contributed by atoms with E-state index in [4.69, 9.17) is 4.74 Å². The Hall–Kier alpha value is -1.91. The van der Waals surface area contributed by atoms with E-state index in [1.807, 2.05) is 33.8 Å². The van der Waals surface area contributed by atoms with Gasteiger partial charge in [0, 0.05) is 23.7 Å². The van der Waals surface area contributed by atoms with E-state index in [0.29, 0.717) is 0 Å². The topological polar surface area (TPSA) is 53.6 Å². The van der Waals surface area contributed by atoms with Crippen LogP contribution in [0.3, 0.4) is 0 Å². The fourth-order valence-corrected chi connectivity index (χ4v) is 1.58. The number of carbonyl (C=O) groups excluding carboxylic acids is 1. The summed E-state index contributed by atoms with van der Waals surface area (Å²) in [6.07, 6.45) is 4.91. The van der Waals surface area contributed by atoms with E-state index < -0.39 is 5.60 Å². The summed E-state index contributed by atoms with van der Waals surface area (Å²) in [5, 5.41) is 0. The van der Waals surface area contributed by atoms with Crippen LogP contribution < -0.4 is 10.9 Å². The van der Waals surface area contributed by atoms with Crippen LogP contribution >= 0.6 is 0 Å². The highest BCUT2D eigenvalue weighted by Gasteiger charge is 2.24. The second kappa shape index (κ2) is 3.84. The first-order valence-corrected chi connectivity index (χ1v) is 5.51. The van der Waals surface area contributed by atoms with Crippen molar-refractivity contribution < 1.29 is 9.53 Å². The highest BCUT2D eigenvalue weighted by molar-refractivity contribution is 5.72. The number of amides is 1. The minimum atomic E-state index is -0.489. The van der Waals surface area contributed by atoms with Gasteiger partial charge >= 0.3 is 6.09 Å². The molecule has 0 saturated carbocycles. The van der Waals surface area contributed by atoms with Crippen molar-refractivity contribution in [1.29, 1.82) is 0 Å². The Morgan fingerprint density at radius 1 is 1.35 bits per heavy atom. The third kappa shape index (κ3) is 2.43. The van der Waals surface area contributed by atoms with E-state index in [2.05, 4.69) is 10.9 Å². The fraction of sp³-hybridized carbons (Fsp3) is 0.417. The van der Waals surface area contributed by atoms with Crippen molar-refractivity contribution in [2.24, 2.45) is 0 Å². The molecular formula is C12H17N3O2. The molecule has 0 aromatic carbocycles. The number of nitrogens with one attached hydrogen (secondary N) is 2.